The maximum absolute atomic E-state index is 14.5. The third-order valence-corrected chi connectivity index (χ3v) is 8.68. The van der Waals surface area contributed by atoms with Crippen LogP contribution in [0.15, 0.2) is 18.2 Å². The van der Waals surface area contributed by atoms with E-state index in [1.165, 1.54) is 0 Å². The van der Waals surface area contributed by atoms with Gasteiger partial charge in [0.15, 0.2) is 0 Å². The SMILES string of the molecule is O=C(O)C1CC2(C1)CC(C(=O)N1CC[C@H]3c4ccc(C(F)(C(F)(F)F)C(F)(F)F)cc4CC[C@H]31)C2. The zero-order chi connectivity index (χ0) is 25.6. The average Bonchev–Trinajstić information content (AvgIpc) is 3.13. The van der Waals surface area contributed by atoms with Gasteiger partial charge in [0.25, 0.3) is 0 Å². The number of carbonyl (C=O) groups is 2. The summed E-state index contributed by atoms with van der Waals surface area (Å²) in [6.07, 6.45) is -8.79. The lowest BCUT2D eigenvalue weighted by Gasteiger charge is -2.56. The summed E-state index contributed by atoms with van der Waals surface area (Å²) in [7, 11) is 0. The lowest BCUT2D eigenvalue weighted by atomic mass is 9.48. The number of likely N-dealkylation sites (tertiary alicyclic amines) is 1. The fraction of sp³-hybridized carbons (Fsp3) is 0.667. The number of benzene rings is 1. The van der Waals surface area contributed by atoms with Crippen LogP contribution in [-0.4, -0.2) is 46.8 Å². The van der Waals surface area contributed by atoms with Crippen molar-refractivity contribution in [3.63, 3.8) is 0 Å². The third kappa shape index (κ3) is 3.55. The summed E-state index contributed by atoms with van der Waals surface area (Å²) in [6, 6.07) is 2.20. The molecule has 11 heteroatoms. The van der Waals surface area contributed by atoms with Gasteiger partial charge < -0.3 is 10.0 Å². The van der Waals surface area contributed by atoms with Crippen LogP contribution in [0.5, 0.6) is 0 Å². The zero-order valence-corrected chi connectivity index (χ0v) is 18.6. The number of halogens is 7. The highest BCUT2D eigenvalue weighted by atomic mass is 19.4. The number of nitrogens with zero attached hydrogens (tertiary/aromatic N) is 1. The van der Waals surface area contributed by atoms with Gasteiger partial charge in [-0.15, -0.1) is 0 Å². The summed E-state index contributed by atoms with van der Waals surface area (Å²) in [5.41, 5.74) is -6.16. The van der Waals surface area contributed by atoms with Crippen molar-refractivity contribution in [3.8, 4) is 0 Å². The summed E-state index contributed by atoms with van der Waals surface area (Å²) < 4.78 is 93.5. The molecule has 2 atom stereocenters. The monoisotopic (exact) mass is 507 g/mol. The van der Waals surface area contributed by atoms with Crippen LogP contribution < -0.4 is 0 Å². The lowest BCUT2D eigenvalue weighted by molar-refractivity contribution is -0.348. The van der Waals surface area contributed by atoms with Crippen LogP contribution in [0.3, 0.4) is 0 Å². The maximum Gasteiger partial charge on any atom is 0.435 e. The van der Waals surface area contributed by atoms with Crippen molar-refractivity contribution in [2.75, 3.05) is 6.54 Å². The summed E-state index contributed by atoms with van der Waals surface area (Å²) in [5, 5.41) is 9.08. The summed E-state index contributed by atoms with van der Waals surface area (Å²) in [4.78, 5) is 26.0. The molecule has 35 heavy (non-hydrogen) atoms. The van der Waals surface area contributed by atoms with Gasteiger partial charge in [-0.25, -0.2) is 4.39 Å². The smallest absolute Gasteiger partial charge is 0.435 e. The molecule has 0 unspecified atom stereocenters. The van der Waals surface area contributed by atoms with Gasteiger partial charge in [0.2, 0.25) is 5.91 Å². The molecule has 3 fully saturated rings. The Bertz CT molecular complexity index is 1040. The van der Waals surface area contributed by atoms with Crippen molar-refractivity contribution in [1.82, 2.24) is 4.90 Å². The minimum atomic E-state index is -6.15. The minimum Gasteiger partial charge on any atom is -0.481 e. The molecule has 4 aliphatic rings. The topological polar surface area (TPSA) is 57.6 Å². The van der Waals surface area contributed by atoms with Gasteiger partial charge in [0.05, 0.1) is 5.92 Å². The van der Waals surface area contributed by atoms with E-state index in [9.17, 15) is 40.3 Å². The number of carbonyl (C=O) groups excluding carboxylic acids is 1. The standard InChI is InChI=1S/C24H24F7NO3/c25-22(23(26,27)28,24(29,30)31)15-2-3-16-12(7-15)1-4-18-17(16)5-6-32(18)19(33)13-8-21(9-13)10-14(11-21)20(34)35/h2-3,7,13-14,17-18H,1,4-6,8-11H2,(H,34,35)/t13?,14?,17-,18+,21?/m0/s1. The van der Waals surface area contributed by atoms with Crippen LogP contribution in [0.4, 0.5) is 30.7 Å². The summed E-state index contributed by atoms with van der Waals surface area (Å²) in [6.45, 7) is 0.439. The van der Waals surface area contributed by atoms with Crippen LogP contribution in [0.1, 0.15) is 61.1 Å². The highest BCUT2D eigenvalue weighted by Crippen LogP contribution is 2.62. The van der Waals surface area contributed by atoms with E-state index >= 15 is 0 Å². The largest absolute Gasteiger partial charge is 0.481 e. The Labute approximate surface area is 196 Å². The number of rotatable bonds is 3. The van der Waals surface area contributed by atoms with E-state index in [0.29, 0.717) is 62.8 Å². The highest BCUT2D eigenvalue weighted by molar-refractivity contribution is 5.81. The normalized spacial score (nSPS) is 32.5. The number of amides is 1. The summed E-state index contributed by atoms with van der Waals surface area (Å²) >= 11 is 0. The number of hydrogen-bond acceptors (Lipinski definition) is 2. The van der Waals surface area contributed by atoms with Gasteiger partial charge in [-0.05, 0) is 61.5 Å². The fourth-order valence-corrected chi connectivity index (χ4v) is 6.92. The molecule has 1 aromatic carbocycles. The predicted octanol–water partition coefficient (Wildman–Crippen LogP) is 5.50. The van der Waals surface area contributed by atoms with Crippen molar-refractivity contribution in [3.05, 3.63) is 34.9 Å². The van der Waals surface area contributed by atoms with Crippen LogP contribution in [0.2, 0.25) is 0 Å². The maximum atomic E-state index is 14.5. The first-order valence-electron chi connectivity index (χ1n) is 11.7. The predicted molar refractivity (Wildman–Crippen MR) is 108 cm³/mol. The van der Waals surface area contributed by atoms with E-state index in [2.05, 4.69) is 0 Å². The lowest BCUT2D eigenvalue weighted by Crippen LogP contribution is -2.55. The highest BCUT2D eigenvalue weighted by Gasteiger charge is 2.73. The molecule has 2 saturated carbocycles. The van der Waals surface area contributed by atoms with Crippen molar-refractivity contribution in [1.29, 1.82) is 0 Å². The van der Waals surface area contributed by atoms with Crippen LogP contribution in [0, 0.1) is 17.3 Å². The molecule has 0 radical (unpaired) electrons. The molecule has 1 aliphatic heterocycles. The van der Waals surface area contributed by atoms with Gasteiger partial charge in [-0.1, -0.05) is 18.2 Å². The van der Waals surface area contributed by atoms with Crippen LogP contribution in [-0.2, 0) is 21.7 Å². The molecule has 192 valence electrons. The van der Waals surface area contributed by atoms with E-state index in [0.717, 1.165) is 6.07 Å². The van der Waals surface area contributed by atoms with Gasteiger partial charge >= 0.3 is 24.0 Å². The molecule has 0 aromatic heterocycles. The molecule has 1 saturated heterocycles. The quantitative estimate of drug-likeness (QED) is 0.550. The molecule has 3 aliphatic carbocycles. The Balaban J connectivity index is 1.31. The van der Waals surface area contributed by atoms with Gasteiger partial charge in [0.1, 0.15) is 0 Å². The Morgan fingerprint density at radius 3 is 2.09 bits per heavy atom. The van der Waals surface area contributed by atoms with E-state index in [4.69, 9.17) is 5.11 Å². The third-order valence-electron chi connectivity index (χ3n) is 8.68. The zero-order valence-electron chi connectivity index (χ0n) is 18.6. The Hall–Kier alpha value is -2.33. The molecule has 1 aromatic rings. The van der Waals surface area contributed by atoms with E-state index in [-0.39, 0.29) is 47.1 Å². The molecule has 1 spiro atoms. The second-order valence-electron chi connectivity index (χ2n) is 10.6. The number of alkyl halides is 7. The summed E-state index contributed by atoms with van der Waals surface area (Å²) in [5.74, 6) is -1.58. The van der Waals surface area contributed by atoms with Gasteiger partial charge in [-0.2, -0.15) is 26.3 Å². The first-order valence-corrected chi connectivity index (χ1v) is 11.7. The first-order chi connectivity index (χ1) is 16.2. The van der Waals surface area contributed by atoms with E-state index < -0.39 is 29.6 Å². The fourth-order valence-electron chi connectivity index (χ4n) is 6.92. The number of carboxylic acid groups (broad SMARTS) is 1. The number of hydrogen-bond donors (Lipinski definition) is 1. The molecule has 1 heterocycles. The van der Waals surface area contributed by atoms with Gasteiger partial charge in [0, 0.05) is 30.0 Å². The first kappa shape index (κ1) is 24.4. The molecule has 1 N–H and O–H groups in total. The van der Waals surface area contributed by atoms with E-state index in [1.54, 1.807) is 4.90 Å². The molecular weight excluding hydrogens is 483 g/mol. The molecule has 4 nitrogen and oxygen atoms in total. The number of fused-ring (bicyclic) bond motifs is 3. The second kappa shape index (κ2) is 7.59. The minimum absolute atomic E-state index is 0.0149. The van der Waals surface area contributed by atoms with Gasteiger partial charge in [-0.3, -0.25) is 9.59 Å². The Morgan fingerprint density at radius 2 is 1.51 bits per heavy atom. The second-order valence-corrected chi connectivity index (χ2v) is 10.6. The molecular formula is C24H24F7NO3. The van der Waals surface area contributed by atoms with Crippen molar-refractivity contribution < 1.29 is 45.4 Å². The van der Waals surface area contributed by atoms with Crippen molar-refractivity contribution in [2.45, 2.75) is 74.9 Å². The van der Waals surface area contributed by atoms with Crippen LogP contribution in [0.25, 0.3) is 0 Å². The molecule has 0 bridgehead atoms. The number of aliphatic carboxylic acids is 1. The Kier molecular flexibility index (Phi) is 5.28. The number of aryl methyl sites for hydroxylation is 1. The van der Waals surface area contributed by atoms with Crippen LogP contribution >= 0.6 is 0 Å². The Morgan fingerprint density at radius 1 is 0.914 bits per heavy atom. The average molecular weight is 507 g/mol. The van der Waals surface area contributed by atoms with Crippen molar-refractivity contribution >= 4 is 11.9 Å². The number of carboxylic acids is 1. The van der Waals surface area contributed by atoms with E-state index in [1.807, 2.05) is 0 Å². The van der Waals surface area contributed by atoms with Crippen molar-refractivity contribution in [2.24, 2.45) is 17.3 Å². The molecule has 5 rings (SSSR count). The molecule has 1 amide bonds.